The Morgan fingerprint density at radius 3 is 2.76 bits per heavy atom. The number of sulfone groups is 1. The molecule has 2 N–H and O–H groups in total. The van der Waals surface area contributed by atoms with Crippen molar-refractivity contribution in [3.63, 3.8) is 0 Å². The predicted molar refractivity (Wildman–Crippen MR) is 149 cm³/mol. The summed E-state index contributed by atoms with van der Waals surface area (Å²) >= 11 is 0.922. The largest absolute Gasteiger partial charge is 0.420 e. The van der Waals surface area contributed by atoms with Crippen molar-refractivity contribution in [2.24, 2.45) is 0 Å². The van der Waals surface area contributed by atoms with E-state index in [0.717, 1.165) is 49.8 Å². The number of rotatable bonds is 7. The topological polar surface area (TPSA) is 121 Å². The molecular weight excluding hydrogens is 581 g/mol. The number of aliphatic hydroxyl groups excluding tert-OH is 1. The van der Waals surface area contributed by atoms with Gasteiger partial charge in [0.25, 0.3) is 0 Å². The fourth-order valence-corrected chi connectivity index (χ4v) is 7.75. The number of pyridine rings is 1. The number of hydrogen-bond acceptors (Lipinski definition) is 11. The van der Waals surface area contributed by atoms with Gasteiger partial charge in [-0.2, -0.15) is 13.2 Å². The van der Waals surface area contributed by atoms with Crippen molar-refractivity contribution in [2.75, 3.05) is 61.9 Å². The fraction of sp³-hybridized carbons (Fsp3) is 0.500. The number of nitrogens with zero attached hydrogens (tertiary/aromatic N) is 5. The lowest BCUT2D eigenvalue weighted by atomic mass is 10.2. The molecular formula is C26H31F3N6O4S2. The number of halogens is 3. The number of ether oxygens (including phenoxy) is 1. The number of anilines is 3. The van der Waals surface area contributed by atoms with E-state index in [1.807, 2.05) is 19.1 Å². The second-order valence-corrected chi connectivity index (χ2v) is 13.0. The molecule has 15 heteroatoms. The molecule has 0 radical (unpaired) electrons. The van der Waals surface area contributed by atoms with E-state index in [1.54, 1.807) is 0 Å². The summed E-state index contributed by atoms with van der Waals surface area (Å²) in [7, 11) is -3.68. The van der Waals surface area contributed by atoms with E-state index in [-0.39, 0.29) is 41.3 Å². The molecule has 1 saturated heterocycles. The van der Waals surface area contributed by atoms with Gasteiger partial charge in [0, 0.05) is 37.3 Å². The van der Waals surface area contributed by atoms with Crippen LogP contribution in [0.2, 0.25) is 0 Å². The third kappa shape index (κ3) is 6.64. The first-order valence-electron chi connectivity index (χ1n) is 13.3. The minimum atomic E-state index is -4.75. The van der Waals surface area contributed by atoms with Crippen molar-refractivity contribution in [3.05, 3.63) is 40.5 Å². The van der Waals surface area contributed by atoms with Crippen molar-refractivity contribution in [1.82, 2.24) is 19.9 Å². The van der Waals surface area contributed by atoms with Crippen LogP contribution in [0.25, 0.3) is 10.6 Å². The quantitative estimate of drug-likeness (QED) is 0.408. The van der Waals surface area contributed by atoms with E-state index in [9.17, 15) is 26.7 Å². The van der Waals surface area contributed by atoms with Gasteiger partial charge in [0.15, 0.2) is 9.84 Å². The van der Waals surface area contributed by atoms with E-state index < -0.39 is 27.3 Å². The number of β-amino-alcohol motifs (C(OH)–C–C–N with tert-alkyl or cyclic N) is 1. The zero-order valence-corrected chi connectivity index (χ0v) is 24.1. The normalized spacial score (nSPS) is 18.0. The Bertz CT molecular complexity index is 1500. The number of aromatic nitrogens is 3. The van der Waals surface area contributed by atoms with Gasteiger partial charge in [-0.3, -0.25) is 4.90 Å². The molecule has 0 atom stereocenters. The van der Waals surface area contributed by atoms with E-state index in [4.69, 9.17) is 9.72 Å². The Hall–Kier alpha value is -2.85. The summed E-state index contributed by atoms with van der Waals surface area (Å²) in [5.41, 5.74) is -0.187. The Kier molecular flexibility index (Phi) is 8.80. The highest BCUT2D eigenvalue weighted by atomic mass is 32.2. The molecule has 0 aromatic carbocycles. The summed E-state index contributed by atoms with van der Waals surface area (Å²) in [5.74, 6) is 0.505. The second kappa shape index (κ2) is 12.2. The Morgan fingerprint density at radius 1 is 1.17 bits per heavy atom. The lowest BCUT2D eigenvalue weighted by Crippen LogP contribution is -2.32. The van der Waals surface area contributed by atoms with Gasteiger partial charge in [0.2, 0.25) is 5.95 Å². The lowest BCUT2D eigenvalue weighted by molar-refractivity contribution is -0.137. The molecule has 0 bridgehead atoms. The van der Waals surface area contributed by atoms with Gasteiger partial charge in [-0.25, -0.2) is 23.4 Å². The molecule has 3 aromatic rings. The molecule has 10 nitrogen and oxygen atoms in total. The molecule has 0 amide bonds. The lowest BCUT2D eigenvalue weighted by Gasteiger charge is -2.23. The van der Waals surface area contributed by atoms with Gasteiger partial charge < -0.3 is 20.1 Å². The number of nitrogens with one attached hydrogen (secondary N) is 1. The third-order valence-corrected chi connectivity index (χ3v) is 10.0. The standard InChI is InChI=1S/C26H31F3N6O4S2/c1-2-18-19(4-5-23(31-18)35-7-3-6-34(8-9-35)10-11-36)32-25-30-15-17(26(27,28)29)24(33-25)20-14-22-21(40-20)16-39-12-13-41(22,37)38/h4-5,14-15,36H,2-3,6-13,16H2,1H3,(H,30,32,33). The van der Waals surface area contributed by atoms with E-state index in [2.05, 4.69) is 25.1 Å². The molecule has 0 saturated carbocycles. The molecule has 3 aromatic heterocycles. The molecule has 222 valence electrons. The summed E-state index contributed by atoms with van der Waals surface area (Å²) in [6.45, 7) is 6.02. The second-order valence-electron chi connectivity index (χ2n) is 9.77. The Morgan fingerprint density at radius 2 is 2.00 bits per heavy atom. The fourth-order valence-electron chi connectivity index (χ4n) is 4.91. The summed E-state index contributed by atoms with van der Waals surface area (Å²) in [4.78, 5) is 17.8. The maximum absolute atomic E-state index is 14.0. The van der Waals surface area contributed by atoms with Crippen molar-refractivity contribution in [3.8, 4) is 10.6 Å². The van der Waals surface area contributed by atoms with Crippen LogP contribution < -0.4 is 10.2 Å². The first-order valence-corrected chi connectivity index (χ1v) is 15.8. The maximum atomic E-state index is 14.0. The highest BCUT2D eigenvalue weighted by Crippen LogP contribution is 2.42. The van der Waals surface area contributed by atoms with Crippen LogP contribution in [0, 0.1) is 0 Å². The molecule has 1 fully saturated rings. The van der Waals surface area contributed by atoms with Gasteiger partial charge in [-0.05, 0) is 37.6 Å². The van der Waals surface area contributed by atoms with Gasteiger partial charge in [0.05, 0.1) is 52.4 Å². The summed E-state index contributed by atoms with van der Waals surface area (Å²) in [6, 6.07) is 4.92. The van der Waals surface area contributed by atoms with E-state index >= 15 is 0 Å². The summed E-state index contributed by atoms with van der Waals surface area (Å²) < 4.78 is 72.5. The van der Waals surface area contributed by atoms with Crippen LogP contribution in [-0.2, 0) is 33.8 Å². The number of aliphatic hydroxyl groups is 1. The van der Waals surface area contributed by atoms with Gasteiger partial charge >= 0.3 is 6.18 Å². The van der Waals surface area contributed by atoms with Crippen molar-refractivity contribution >= 4 is 38.6 Å². The molecule has 0 spiro atoms. The molecule has 0 unspecified atom stereocenters. The number of aryl methyl sites for hydroxylation is 1. The monoisotopic (exact) mass is 612 g/mol. The van der Waals surface area contributed by atoms with Gasteiger partial charge in [0.1, 0.15) is 11.4 Å². The number of fused-ring (bicyclic) bond motifs is 1. The van der Waals surface area contributed by atoms with Crippen molar-refractivity contribution in [2.45, 2.75) is 37.4 Å². The highest BCUT2D eigenvalue weighted by molar-refractivity contribution is 7.91. The van der Waals surface area contributed by atoms with Crippen LogP contribution in [0.3, 0.4) is 0 Å². The molecule has 41 heavy (non-hydrogen) atoms. The highest BCUT2D eigenvalue weighted by Gasteiger charge is 2.37. The third-order valence-electron chi connectivity index (χ3n) is 7.03. The smallest absolute Gasteiger partial charge is 0.395 e. The van der Waals surface area contributed by atoms with Gasteiger partial charge in [-0.1, -0.05) is 6.92 Å². The predicted octanol–water partition coefficient (Wildman–Crippen LogP) is 3.73. The van der Waals surface area contributed by atoms with Crippen molar-refractivity contribution < 1.29 is 31.4 Å². The minimum Gasteiger partial charge on any atom is -0.395 e. The molecule has 2 aliphatic rings. The average molecular weight is 613 g/mol. The van der Waals surface area contributed by atoms with Crippen LogP contribution in [0.4, 0.5) is 30.6 Å². The zero-order valence-electron chi connectivity index (χ0n) is 22.4. The van der Waals surface area contributed by atoms with Crippen molar-refractivity contribution in [1.29, 1.82) is 0 Å². The molecule has 0 aliphatic carbocycles. The minimum absolute atomic E-state index is 0.00509. The number of alkyl halides is 3. The van der Waals surface area contributed by atoms with Crippen LogP contribution in [0.15, 0.2) is 29.3 Å². The average Bonchev–Trinajstić information content (AvgIpc) is 3.16. The zero-order chi connectivity index (χ0) is 29.2. The number of hydrogen-bond donors (Lipinski definition) is 2. The Labute approximate surface area is 240 Å². The summed E-state index contributed by atoms with van der Waals surface area (Å²) in [6.07, 6.45) is -2.54. The summed E-state index contributed by atoms with van der Waals surface area (Å²) in [5, 5.41) is 12.3. The molecule has 2 aliphatic heterocycles. The van der Waals surface area contributed by atoms with Crippen LogP contribution in [-0.4, -0.2) is 85.1 Å². The SMILES string of the molecule is CCc1nc(N2CCCN(CCO)CC2)ccc1Nc1ncc(C(F)(F)F)c(-c2cc3c(s2)COCCS3(=O)=O)n1. The van der Waals surface area contributed by atoms with Crippen LogP contribution >= 0.6 is 11.3 Å². The van der Waals surface area contributed by atoms with Crippen LogP contribution in [0.5, 0.6) is 0 Å². The first-order chi connectivity index (χ1) is 19.6. The molecule has 5 heterocycles. The first kappa shape index (κ1) is 29.6. The number of thiophene rings is 1. The van der Waals surface area contributed by atoms with E-state index in [0.29, 0.717) is 35.4 Å². The molecule has 5 rings (SSSR count). The maximum Gasteiger partial charge on any atom is 0.420 e. The van der Waals surface area contributed by atoms with Crippen LogP contribution in [0.1, 0.15) is 29.5 Å². The van der Waals surface area contributed by atoms with E-state index in [1.165, 1.54) is 6.07 Å². The Balaban J connectivity index is 1.44. The van der Waals surface area contributed by atoms with Gasteiger partial charge in [-0.15, -0.1) is 11.3 Å².